The van der Waals surface area contributed by atoms with Gasteiger partial charge in [0.2, 0.25) is 17.5 Å². The summed E-state index contributed by atoms with van der Waals surface area (Å²) in [4.78, 5) is 26.0. The quantitative estimate of drug-likeness (QED) is 0.341. The number of amides is 2. The Morgan fingerprint density at radius 2 is 1.68 bits per heavy atom. The standard InChI is InChI=1S/C24H25N5O2/c1-29(2)19-9-6-15(7-10-19)12-22(30)28-18-5-3-4-16(13-18)23(26)20-14-17(24(27)31)8-11-21(20)25/h3-11,13-14,26H,12,25H2,1-2H3,(H2,27,31)(H,28,30)/p+1. The van der Waals surface area contributed by atoms with Crippen molar-refractivity contribution in [2.45, 2.75) is 6.42 Å². The van der Waals surface area contributed by atoms with Crippen LogP contribution in [0.15, 0.2) is 66.7 Å². The molecule has 7 heteroatoms. The Morgan fingerprint density at radius 3 is 2.32 bits per heavy atom. The molecule has 158 valence electrons. The fourth-order valence-corrected chi connectivity index (χ4v) is 3.17. The summed E-state index contributed by atoms with van der Waals surface area (Å²) in [6.45, 7) is 0. The minimum atomic E-state index is -0.561. The highest BCUT2D eigenvalue weighted by Crippen LogP contribution is 2.20. The zero-order chi connectivity index (χ0) is 22.5. The Morgan fingerprint density at radius 1 is 0.968 bits per heavy atom. The number of anilines is 3. The third-order valence-corrected chi connectivity index (χ3v) is 4.90. The maximum atomic E-state index is 12.5. The molecule has 0 aliphatic rings. The second kappa shape index (κ2) is 9.13. The van der Waals surface area contributed by atoms with Gasteiger partial charge in [-0.1, -0.05) is 18.2 Å². The topological polar surface area (TPSA) is 127 Å². The van der Waals surface area contributed by atoms with Gasteiger partial charge < -0.3 is 21.7 Å². The van der Waals surface area contributed by atoms with E-state index in [2.05, 4.69) is 5.32 Å². The number of hydrogen-bond donors (Lipinski definition) is 4. The van der Waals surface area contributed by atoms with E-state index < -0.39 is 5.91 Å². The van der Waals surface area contributed by atoms with E-state index in [0.717, 1.165) is 11.3 Å². The molecule has 0 aromatic heterocycles. The van der Waals surface area contributed by atoms with Crippen molar-refractivity contribution in [3.63, 3.8) is 0 Å². The lowest BCUT2D eigenvalue weighted by Crippen LogP contribution is -2.41. The van der Waals surface area contributed by atoms with Crippen LogP contribution in [0.1, 0.15) is 27.0 Å². The third-order valence-electron chi connectivity index (χ3n) is 4.90. The van der Waals surface area contributed by atoms with E-state index in [9.17, 15) is 9.59 Å². The average Bonchev–Trinajstić information content (AvgIpc) is 2.74. The van der Waals surface area contributed by atoms with Gasteiger partial charge in [0.25, 0.3) is 0 Å². The molecular formula is C24H26N5O2+. The summed E-state index contributed by atoms with van der Waals surface area (Å²) in [7, 11) is 3.93. The van der Waals surface area contributed by atoms with Crippen molar-refractivity contribution < 1.29 is 15.0 Å². The first-order chi connectivity index (χ1) is 14.7. The van der Waals surface area contributed by atoms with Gasteiger partial charge in [-0.3, -0.25) is 15.0 Å². The Hall–Kier alpha value is -4.13. The van der Waals surface area contributed by atoms with Gasteiger partial charge in [0.15, 0.2) is 0 Å². The van der Waals surface area contributed by atoms with Gasteiger partial charge in [0, 0.05) is 42.3 Å². The number of carbonyl (C=O) groups excluding carboxylic acids is 2. The van der Waals surface area contributed by atoms with E-state index >= 15 is 0 Å². The molecule has 31 heavy (non-hydrogen) atoms. The van der Waals surface area contributed by atoms with Gasteiger partial charge in [-0.05, 0) is 54.1 Å². The molecule has 3 rings (SSSR count). The van der Waals surface area contributed by atoms with Crippen molar-refractivity contribution >= 4 is 34.6 Å². The van der Waals surface area contributed by atoms with E-state index in [1.807, 2.05) is 43.3 Å². The Balaban J connectivity index is 1.74. The fourth-order valence-electron chi connectivity index (χ4n) is 3.17. The smallest absolute Gasteiger partial charge is 0.248 e. The van der Waals surface area contributed by atoms with Crippen molar-refractivity contribution in [3.05, 3.63) is 89.0 Å². The minimum absolute atomic E-state index is 0.136. The Kier molecular flexibility index (Phi) is 6.35. The lowest BCUT2D eigenvalue weighted by molar-refractivity contribution is -0.115. The van der Waals surface area contributed by atoms with E-state index in [1.54, 1.807) is 42.5 Å². The zero-order valence-corrected chi connectivity index (χ0v) is 17.6. The average molecular weight is 417 g/mol. The van der Waals surface area contributed by atoms with Crippen LogP contribution in [0.5, 0.6) is 0 Å². The molecule has 3 aromatic rings. The molecule has 7 N–H and O–H groups in total. The van der Waals surface area contributed by atoms with Crippen LogP contribution in [0, 0.1) is 0 Å². The van der Waals surface area contributed by atoms with Crippen LogP contribution in [-0.2, 0) is 11.2 Å². The lowest BCUT2D eigenvalue weighted by Gasteiger charge is -2.12. The van der Waals surface area contributed by atoms with Crippen molar-refractivity contribution in [1.29, 1.82) is 0 Å². The summed E-state index contributed by atoms with van der Waals surface area (Å²) in [5.41, 5.74) is 16.3. The number of carbonyl (C=O) groups is 2. The number of primary amides is 1. The largest absolute Gasteiger partial charge is 0.398 e. The van der Waals surface area contributed by atoms with Crippen molar-refractivity contribution in [3.8, 4) is 0 Å². The molecule has 0 bridgehead atoms. The zero-order valence-electron chi connectivity index (χ0n) is 17.6. The molecule has 0 heterocycles. The molecule has 0 aliphatic carbocycles. The van der Waals surface area contributed by atoms with Gasteiger partial charge in [0.1, 0.15) is 0 Å². The number of hydrogen-bond acceptors (Lipinski definition) is 4. The number of benzene rings is 3. The first kappa shape index (κ1) is 21.6. The SMILES string of the molecule is CN(C)c1ccc(CC(=O)Nc2cccc(C(=[NH2+])c3cc(C(N)=O)ccc3N)c2)cc1. The van der Waals surface area contributed by atoms with Crippen LogP contribution in [0.3, 0.4) is 0 Å². The summed E-state index contributed by atoms with van der Waals surface area (Å²) in [5.74, 6) is -0.697. The van der Waals surface area contributed by atoms with Gasteiger partial charge >= 0.3 is 0 Å². The summed E-state index contributed by atoms with van der Waals surface area (Å²) in [5, 5.41) is 9.21. The number of rotatable bonds is 7. The van der Waals surface area contributed by atoms with E-state index in [-0.39, 0.29) is 12.3 Å². The van der Waals surface area contributed by atoms with Crippen molar-refractivity contribution in [2.75, 3.05) is 30.0 Å². The monoisotopic (exact) mass is 416 g/mol. The first-order valence-electron chi connectivity index (χ1n) is 9.73. The van der Waals surface area contributed by atoms with E-state index in [0.29, 0.717) is 33.8 Å². The summed E-state index contributed by atoms with van der Waals surface area (Å²) >= 11 is 0. The molecule has 7 nitrogen and oxygen atoms in total. The molecule has 0 saturated heterocycles. The summed E-state index contributed by atoms with van der Waals surface area (Å²) in [6.07, 6.45) is 0.255. The fraction of sp³-hybridized carbons (Fsp3) is 0.125. The minimum Gasteiger partial charge on any atom is -0.398 e. The molecule has 3 aromatic carbocycles. The highest BCUT2D eigenvalue weighted by atomic mass is 16.1. The third kappa shape index (κ3) is 5.27. The second-order valence-electron chi connectivity index (χ2n) is 7.45. The molecule has 0 atom stereocenters. The molecule has 0 fully saturated rings. The highest BCUT2D eigenvalue weighted by Gasteiger charge is 2.17. The van der Waals surface area contributed by atoms with E-state index in [4.69, 9.17) is 16.9 Å². The number of nitrogens with zero attached hydrogens (tertiary/aromatic N) is 1. The first-order valence-corrected chi connectivity index (χ1v) is 9.73. The molecule has 0 saturated carbocycles. The summed E-state index contributed by atoms with van der Waals surface area (Å²) in [6, 6.07) is 19.7. The Labute approximate surface area is 181 Å². The normalized spacial score (nSPS) is 10.4. The van der Waals surface area contributed by atoms with Crippen LogP contribution < -0.4 is 27.1 Å². The molecular weight excluding hydrogens is 390 g/mol. The maximum absolute atomic E-state index is 12.5. The molecule has 0 radical (unpaired) electrons. The van der Waals surface area contributed by atoms with Crippen molar-refractivity contribution in [2.24, 2.45) is 5.73 Å². The summed E-state index contributed by atoms with van der Waals surface area (Å²) < 4.78 is 0. The lowest BCUT2D eigenvalue weighted by atomic mass is 9.98. The van der Waals surface area contributed by atoms with Crippen LogP contribution in [0.25, 0.3) is 0 Å². The molecule has 0 spiro atoms. The Bertz CT molecular complexity index is 1140. The van der Waals surface area contributed by atoms with Crippen LogP contribution >= 0.6 is 0 Å². The van der Waals surface area contributed by atoms with Crippen LogP contribution in [-0.4, -0.2) is 31.6 Å². The van der Waals surface area contributed by atoms with Gasteiger partial charge in [-0.25, -0.2) is 0 Å². The molecule has 0 aliphatic heterocycles. The van der Waals surface area contributed by atoms with Gasteiger partial charge in [-0.2, -0.15) is 0 Å². The van der Waals surface area contributed by atoms with E-state index in [1.165, 1.54) is 0 Å². The predicted octanol–water partition coefficient (Wildman–Crippen LogP) is 1.21. The molecule has 2 amide bonds. The van der Waals surface area contributed by atoms with Crippen LogP contribution in [0.2, 0.25) is 0 Å². The number of nitrogens with one attached hydrogen (secondary N) is 1. The van der Waals surface area contributed by atoms with Crippen LogP contribution in [0.4, 0.5) is 17.1 Å². The number of nitrogen functional groups attached to an aromatic ring is 1. The second-order valence-corrected chi connectivity index (χ2v) is 7.45. The van der Waals surface area contributed by atoms with Gasteiger partial charge in [-0.15, -0.1) is 0 Å². The maximum Gasteiger partial charge on any atom is 0.248 e. The highest BCUT2D eigenvalue weighted by molar-refractivity contribution is 6.13. The predicted molar refractivity (Wildman–Crippen MR) is 124 cm³/mol. The number of nitrogens with two attached hydrogens (primary N) is 3. The van der Waals surface area contributed by atoms with Gasteiger partial charge in [0.05, 0.1) is 12.0 Å². The molecule has 0 unspecified atom stereocenters. The van der Waals surface area contributed by atoms with Crippen molar-refractivity contribution in [1.82, 2.24) is 0 Å².